The maximum absolute atomic E-state index is 10.7. The maximum atomic E-state index is 10.7. The van der Waals surface area contributed by atoms with Gasteiger partial charge in [-0.3, -0.25) is 10.1 Å². The fourth-order valence-corrected chi connectivity index (χ4v) is 1.51. The Morgan fingerprint density at radius 2 is 2.06 bits per heavy atom. The van der Waals surface area contributed by atoms with Gasteiger partial charge in [0.2, 0.25) is 0 Å². The first kappa shape index (κ1) is 9.52. The van der Waals surface area contributed by atoms with Gasteiger partial charge in [-0.2, -0.15) is 4.98 Å². The van der Waals surface area contributed by atoms with Crippen LogP contribution in [-0.4, -0.2) is 35.6 Å². The molecule has 0 aliphatic heterocycles. The third-order valence-electron chi connectivity index (χ3n) is 2.30. The zero-order valence-electron chi connectivity index (χ0n) is 8.53. The van der Waals surface area contributed by atoms with Gasteiger partial charge in [-0.15, -0.1) is 0 Å². The summed E-state index contributed by atoms with van der Waals surface area (Å²) in [5.74, 6) is -0.129. The Morgan fingerprint density at radius 1 is 1.29 bits per heavy atom. The highest BCUT2D eigenvalue weighted by Crippen LogP contribution is 2.14. The number of aromatic carboxylic acids is 1. The largest absolute Gasteiger partial charge is 0.476 e. The smallest absolute Gasteiger partial charge is 0.356 e. The average molecular weight is 229 g/mol. The molecule has 7 heteroatoms. The van der Waals surface area contributed by atoms with E-state index in [2.05, 4.69) is 20.1 Å². The van der Waals surface area contributed by atoms with Crippen LogP contribution in [0.1, 0.15) is 10.5 Å². The summed E-state index contributed by atoms with van der Waals surface area (Å²) in [6.45, 7) is 0. The van der Waals surface area contributed by atoms with Crippen LogP contribution >= 0.6 is 0 Å². The fraction of sp³-hybridized carbons (Fsp3) is 0. The quantitative estimate of drug-likeness (QED) is 0.678. The van der Waals surface area contributed by atoms with E-state index in [1.807, 2.05) is 0 Å². The number of imidazole rings is 1. The lowest BCUT2D eigenvalue weighted by Gasteiger charge is -1.92. The number of hydrogen-bond donors (Lipinski definition) is 2. The summed E-state index contributed by atoms with van der Waals surface area (Å²) in [6, 6.07) is 3.60. The van der Waals surface area contributed by atoms with E-state index < -0.39 is 5.97 Å². The molecular weight excluding hydrogens is 222 g/mol. The van der Waals surface area contributed by atoms with E-state index in [9.17, 15) is 4.79 Å². The van der Waals surface area contributed by atoms with Gasteiger partial charge in [0.25, 0.3) is 5.78 Å². The number of H-pyrrole nitrogens is 1. The number of fused-ring (bicyclic) bond motifs is 1. The summed E-state index contributed by atoms with van der Waals surface area (Å²) in [5.41, 5.74) is 0.826. The molecule has 3 rings (SSSR count). The SMILES string of the molecule is O=C(O)c1cn2[nH]c(-c3ccncc3)nc2n1. The van der Waals surface area contributed by atoms with Crippen molar-refractivity contribution >= 4 is 11.7 Å². The maximum Gasteiger partial charge on any atom is 0.356 e. The van der Waals surface area contributed by atoms with Crippen molar-refractivity contribution in [1.82, 2.24) is 24.6 Å². The van der Waals surface area contributed by atoms with Crippen LogP contribution in [-0.2, 0) is 0 Å². The van der Waals surface area contributed by atoms with Crippen molar-refractivity contribution < 1.29 is 9.90 Å². The highest BCUT2D eigenvalue weighted by molar-refractivity contribution is 5.85. The first-order valence-corrected chi connectivity index (χ1v) is 4.83. The minimum Gasteiger partial charge on any atom is -0.476 e. The topological polar surface area (TPSA) is 96.2 Å². The van der Waals surface area contributed by atoms with Crippen molar-refractivity contribution in [2.75, 3.05) is 0 Å². The van der Waals surface area contributed by atoms with E-state index in [0.717, 1.165) is 5.56 Å². The van der Waals surface area contributed by atoms with Crippen LogP contribution in [0.3, 0.4) is 0 Å². The van der Waals surface area contributed by atoms with Crippen molar-refractivity contribution in [1.29, 1.82) is 0 Å². The minimum absolute atomic E-state index is 0.0370. The lowest BCUT2D eigenvalue weighted by molar-refractivity contribution is 0.0691. The van der Waals surface area contributed by atoms with Gasteiger partial charge < -0.3 is 5.11 Å². The van der Waals surface area contributed by atoms with Crippen LogP contribution in [0.2, 0.25) is 0 Å². The summed E-state index contributed by atoms with van der Waals surface area (Å²) in [5, 5.41) is 11.7. The van der Waals surface area contributed by atoms with Crippen molar-refractivity contribution in [2.45, 2.75) is 0 Å². The number of carbonyl (C=O) groups is 1. The normalized spacial score (nSPS) is 10.8. The average Bonchev–Trinajstić information content (AvgIpc) is 2.87. The zero-order chi connectivity index (χ0) is 11.8. The molecule has 0 unspecified atom stereocenters. The zero-order valence-corrected chi connectivity index (χ0v) is 8.53. The molecule has 0 fully saturated rings. The predicted molar refractivity (Wildman–Crippen MR) is 57.5 cm³/mol. The van der Waals surface area contributed by atoms with Crippen molar-refractivity contribution in [3.05, 3.63) is 36.4 Å². The number of carboxylic acid groups (broad SMARTS) is 1. The molecule has 0 atom stereocenters. The number of nitrogens with one attached hydrogen (secondary N) is 1. The highest BCUT2D eigenvalue weighted by Gasteiger charge is 2.12. The minimum atomic E-state index is -1.07. The van der Waals surface area contributed by atoms with Crippen LogP contribution in [0.15, 0.2) is 30.7 Å². The molecule has 0 bridgehead atoms. The number of rotatable bonds is 2. The van der Waals surface area contributed by atoms with Crippen molar-refractivity contribution in [3.63, 3.8) is 0 Å². The van der Waals surface area contributed by atoms with Gasteiger partial charge in [-0.05, 0) is 12.1 Å². The number of pyridine rings is 1. The van der Waals surface area contributed by atoms with Gasteiger partial charge in [0, 0.05) is 18.0 Å². The number of nitrogens with zero attached hydrogens (tertiary/aromatic N) is 4. The summed E-state index contributed by atoms with van der Waals surface area (Å²) in [7, 11) is 0. The van der Waals surface area contributed by atoms with Gasteiger partial charge in [0.1, 0.15) is 0 Å². The van der Waals surface area contributed by atoms with Crippen LogP contribution in [0.25, 0.3) is 17.2 Å². The lowest BCUT2D eigenvalue weighted by atomic mass is 10.3. The Labute approximate surface area is 94.8 Å². The van der Waals surface area contributed by atoms with E-state index in [1.54, 1.807) is 24.5 Å². The third kappa shape index (κ3) is 1.53. The van der Waals surface area contributed by atoms with Crippen molar-refractivity contribution in [3.8, 4) is 11.4 Å². The van der Waals surface area contributed by atoms with Gasteiger partial charge in [0.15, 0.2) is 11.5 Å². The molecule has 0 aliphatic carbocycles. The van der Waals surface area contributed by atoms with E-state index >= 15 is 0 Å². The monoisotopic (exact) mass is 229 g/mol. The second-order valence-electron chi connectivity index (χ2n) is 3.41. The van der Waals surface area contributed by atoms with Gasteiger partial charge in [-0.1, -0.05) is 0 Å². The molecule has 84 valence electrons. The molecule has 0 radical (unpaired) electrons. The second-order valence-corrected chi connectivity index (χ2v) is 3.41. The van der Waals surface area contributed by atoms with E-state index in [-0.39, 0.29) is 5.69 Å². The molecule has 0 aliphatic rings. The van der Waals surface area contributed by atoms with Crippen LogP contribution in [0.5, 0.6) is 0 Å². The predicted octanol–water partition coefficient (Wildman–Crippen LogP) is 0.818. The van der Waals surface area contributed by atoms with Gasteiger partial charge >= 0.3 is 5.97 Å². The highest BCUT2D eigenvalue weighted by atomic mass is 16.4. The molecule has 0 aromatic carbocycles. The first-order valence-electron chi connectivity index (χ1n) is 4.83. The van der Waals surface area contributed by atoms with Crippen molar-refractivity contribution in [2.24, 2.45) is 0 Å². The second kappa shape index (κ2) is 3.41. The van der Waals surface area contributed by atoms with Crippen LogP contribution < -0.4 is 0 Å². The molecule has 0 amide bonds. The summed E-state index contributed by atoms with van der Waals surface area (Å²) in [4.78, 5) is 22.7. The summed E-state index contributed by atoms with van der Waals surface area (Å²) >= 11 is 0. The van der Waals surface area contributed by atoms with E-state index in [1.165, 1.54) is 10.7 Å². The molecule has 0 spiro atoms. The molecule has 0 saturated carbocycles. The summed E-state index contributed by atoms with van der Waals surface area (Å²) < 4.78 is 1.47. The fourth-order valence-electron chi connectivity index (χ4n) is 1.51. The number of hydrogen-bond acceptors (Lipinski definition) is 4. The van der Waals surface area contributed by atoms with E-state index in [0.29, 0.717) is 11.6 Å². The molecule has 3 aromatic rings. The van der Waals surface area contributed by atoms with Gasteiger partial charge in [-0.25, -0.2) is 14.3 Å². The summed E-state index contributed by atoms with van der Waals surface area (Å²) in [6.07, 6.45) is 4.70. The molecule has 3 aromatic heterocycles. The Balaban J connectivity index is 2.10. The number of aromatic amines is 1. The van der Waals surface area contributed by atoms with E-state index in [4.69, 9.17) is 5.11 Å². The van der Waals surface area contributed by atoms with Crippen LogP contribution in [0, 0.1) is 0 Å². The van der Waals surface area contributed by atoms with Gasteiger partial charge in [0.05, 0.1) is 6.20 Å². The standard InChI is InChI=1S/C10H7N5O2/c16-9(17)7-5-15-10(12-7)13-8(14-15)6-1-3-11-4-2-6/h1-5H,(H,16,17)(H,12,13,14). The Kier molecular flexibility index (Phi) is 1.91. The lowest BCUT2D eigenvalue weighted by Crippen LogP contribution is -1.96. The first-order chi connectivity index (χ1) is 8.24. The Morgan fingerprint density at radius 3 is 2.71 bits per heavy atom. The molecule has 0 saturated heterocycles. The number of aromatic nitrogens is 5. The molecule has 17 heavy (non-hydrogen) atoms. The number of carboxylic acids is 1. The Hall–Kier alpha value is -2.70. The Bertz CT molecular complexity index is 654. The molecular formula is C10H7N5O2. The molecule has 7 nitrogen and oxygen atoms in total. The molecule has 2 N–H and O–H groups in total. The molecule has 3 heterocycles. The van der Waals surface area contributed by atoms with Crippen LogP contribution in [0.4, 0.5) is 0 Å². The third-order valence-corrected chi connectivity index (χ3v) is 2.30.